The zero-order valence-corrected chi connectivity index (χ0v) is 17.3. The van der Waals surface area contributed by atoms with Gasteiger partial charge in [0, 0.05) is 11.1 Å². The molecule has 1 heterocycles. The number of hydrogen-bond acceptors (Lipinski definition) is 3. The number of carbonyl (C=O) groups is 1. The van der Waals surface area contributed by atoms with Gasteiger partial charge in [-0.1, -0.05) is 58.3 Å². The van der Waals surface area contributed by atoms with Gasteiger partial charge in [0.25, 0.3) is 0 Å². The number of carboxylic acids is 1. The summed E-state index contributed by atoms with van der Waals surface area (Å²) in [6.45, 7) is 11.4. The Morgan fingerprint density at radius 3 is 1.80 bits per heavy atom. The van der Waals surface area contributed by atoms with Crippen molar-refractivity contribution in [3.05, 3.63) is 0 Å². The molecule has 0 aromatic carbocycles. The van der Waals surface area contributed by atoms with Crippen LogP contribution in [0, 0.1) is 5.92 Å². The monoisotopic (exact) mass is 355 g/mol. The summed E-state index contributed by atoms with van der Waals surface area (Å²) in [5.74, 6) is -0.961. The SMILES string of the molecule is CCCCCCCCCCCON1C(C)(C)CC(C(=O)O)CC1(C)C. The third-order valence-electron chi connectivity index (χ3n) is 5.41. The lowest BCUT2D eigenvalue weighted by Crippen LogP contribution is -2.61. The highest BCUT2D eigenvalue weighted by atomic mass is 16.7. The first-order valence-corrected chi connectivity index (χ1v) is 10.4. The van der Waals surface area contributed by atoms with E-state index in [2.05, 4.69) is 39.7 Å². The molecule has 0 bridgehead atoms. The second kappa shape index (κ2) is 10.5. The van der Waals surface area contributed by atoms with E-state index in [9.17, 15) is 9.90 Å². The highest BCUT2D eigenvalue weighted by molar-refractivity contribution is 5.70. The summed E-state index contributed by atoms with van der Waals surface area (Å²) in [6.07, 6.45) is 13.0. The Kier molecular flexibility index (Phi) is 9.44. The van der Waals surface area contributed by atoms with Crippen molar-refractivity contribution in [2.45, 2.75) is 116 Å². The highest BCUT2D eigenvalue weighted by Gasteiger charge is 2.48. The normalized spacial score (nSPS) is 20.7. The van der Waals surface area contributed by atoms with Gasteiger partial charge < -0.3 is 5.11 Å². The second-order valence-electron chi connectivity index (χ2n) is 9.02. The van der Waals surface area contributed by atoms with E-state index in [1.54, 1.807) is 0 Å². The van der Waals surface area contributed by atoms with Crippen LogP contribution in [-0.2, 0) is 9.63 Å². The van der Waals surface area contributed by atoms with Crippen LogP contribution in [0.4, 0.5) is 0 Å². The van der Waals surface area contributed by atoms with Crippen molar-refractivity contribution in [3.63, 3.8) is 0 Å². The van der Waals surface area contributed by atoms with Crippen molar-refractivity contribution in [2.24, 2.45) is 5.92 Å². The standard InChI is InChI=1S/C21H41NO3/c1-6-7-8-9-10-11-12-13-14-15-25-22-20(2,3)16-18(19(23)24)17-21(22,4)5/h18H,6-17H2,1-5H3,(H,23,24). The molecule has 148 valence electrons. The van der Waals surface area contributed by atoms with E-state index in [4.69, 9.17) is 4.84 Å². The third-order valence-corrected chi connectivity index (χ3v) is 5.41. The van der Waals surface area contributed by atoms with Gasteiger partial charge in [-0.3, -0.25) is 9.63 Å². The molecule has 1 saturated heterocycles. The Morgan fingerprint density at radius 1 is 0.920 bits per heavy atom. The van der Waals surface area contributed by atoms with Gasteiger partial charge >= 0.3 is 5.97 Å². The first kappa shape index (κ1) is 22.4. The lowest BCUT2D eigenvalue weighted by molar-refractivity contribution is -0.287. The maximum absolute atomic E-state index is 11.4. The predicted molar refractivity (Wildman–Crippen MR) is 104 cm³/mol. The molecule has 1 rings (SSSR count). The lowest BCUT2D eigenvalue weighted by atomic mass is 9.75. The van der Waals surface area contributed by atoms with Gasteiger partial charge in [-0.05, 0) is 47.0 Å². The Labute approximate surface area is 155 Å². The molecule has 1 aliphatic rings. The molecular formula is C21H41NO3. The van der Waals surface area contributed by atoms with Crippen LogP contribution in [0.25, 0.3) is 0 Å². The number of hydrogen-bond donors (Lipinski definition) is 1. The second-order valence-corrected chi connectivity index (χ2v) is 9.02. The molecule has 0 radical (unpaired) electrons. The lowest BCUT2D eigenvalue weighted by Gasteiger charge is -2.53. The zero-order valence-electron chi connectivity index (χ0n) is 17.3. The number of piperidine rings is 1. The zero-order chi connectivity index (χ0) is 18.9. The van der Waals surface area contributed by atoms with E-state index < -0.39 is 5.97 Å². The average Bonchev–Trinajstić information content (AvgIpc) is 2.50. The maximum Gasteiger partial charge on any atom is 0.306 e. The van der Waals surface area contributed by atoms with E-state index in [1.807, 2.05) is 0 Å². The molecule has 25 heavy (non-hydrogen) atoms. The number of rotatable bonds is 12. The minimum absolute atomic E-state index is 0.246. The molecule has 4 heteroatoms. The summed E-state index contributed by atoms with van der Waals surface area (Å²) in [4.78, 5) is 17.6. The van der Waals surface area contributed by atoms with E-state index in [-0.39, 0.29) is 17.0 Å². The average molecular weight is 356 g/mol. The van der Waals surface area contributed by atoms with Gasteiger partial charge in [0.15, 0.2) is 0 Å². The number of aliphatic carboxylic acids is 1. The molecule has 1 N–H and O–H groups in total. The van der Waals surface area contributed by atoms with E-state index in [0.29, 0.717) is 12.8 Å². The van der Waals surface area contributed by atoms with Gasteiger partial charge in [-0.25, -0.2) is 0 Å². The largest absolute Gasteiger partial charge is 0.481 e. The molecule has 0 unspecified atom stereocenters. The fourth-order valence-corrected chi connectivity index (χ4v) is 4.36. The van der Waals surface area contributed by atoms with Crippen molar-refractivity contribution in [3.8, 4) is 0 Å². The van der Waals surface area contributed by atoms with Crippen LogP contribution >= 0.6 is 0 Å². The van der Waals surface area contributed by atoms with Crippen LogP contribution in [0.15, 0.2) is 0 Å². The Bertz CT molecular complexity index is 375. The fourth-order valence-electron chi connectivity index (χ4n) is 4.36. The first-order chi connectivity index (χ1) is 11.7. The van der Waals surface area contributed by atoms with Gasteiger partial charge in [0.2, 0.25) is 0 Å². The van der Waals surface area contributed by atoms with Crippen molar-refractivity contribution < 1.29 is 14.7 Å². The molecule has 0 aliphatic carbocycles. The summed E-state index contributed by atoms with van der Waals surface area (Å²) < 4.78 is 0. The van der Waals surface area contributed by atoms with Crippen molar-refractivity contribution in [2.75, 3.05) is 6.61 Å². The Hall–Kier alpha value is -0.610. The molecule has 0 amide bonds. The van der Waals surface area contributed by atoms with Crippen molar-refractivity contribution in [1.82, 2.24) is 5.06 Å². The van der Waals surface area contributed by atoms with E-state index in [0.717, 1.165) is 13.0 Å². The number of hydroxylamine groups is 2. The minimum atomic E-state index is -0.681. The summed E-state index contributed by atoms with van der Waals surface area (Å²) in [5.41, 5.74) is -0.492. The Balaban J connectivity index is 2.26. The number of carboxylic acid groups (broad SMARTS) is 1. The fraction of sp³-hybridized carbons (Fsp3) is 0.952. The quantitative estimate of drug-likeness (QED) is 0.449. The summed E-state index contributed by atoms with van der Waals surface area (Å²) >= 11 is 0. The van der Waals surface area contributed by atoms with Gasteiger partial charge in [0.1, 0.15) is 0 Å². The smallest absolute Gasteiger partial charge is 0.306 e. The molecular weight excluding hydrogens is 314 g/mol. The summed E-state index contributed by atoms with van der Waals surface area (Å²) in [5, 5.41) is 11.5. The van der Waals surface area contributed by atoms with Crippen LogP contribution in [0.1, 0.15) is 105 Å². The molecule has 1 fully saturated rings. The van der Waals surface area contributed by atoms with Crippen LogP contribution in [-0.4, -0.2) is 33.8 Å². The van der Waals surface area contributed by atoms with Crippen molar-refractivity contribution >= 4 is 5.97 Å². The molecule has 0 aromatic heterocycles. The van der Waals surface area contributed by atoms with E-state index >= 15 is 0 Å². The van der Waals surface area contributed by atoms with Crippen LogP contribution in [0.3, 0.4) is 0 Å². The van der Waals surface area contributed by atoms with Crippen LogP contribution in [0.2, 0.25) is 0 Å². The molecule has 4 nitrogen and oxygen atoms in total. The minimum Gasteiger partial charge on any atom is -0.481 e. The Morgan fingerprint density at radius 2 is 1.36 bits per heavy atom. The maximum atomic E-state index is 11.4. The van der Waals surface area contributed by atoms with E-state index in [1.165, 1.54) is 51.4 Å². The molecule has 0 spiro atoms. The summed E-state index contributed by atoms with van der Waals surface area (Å²) in [6, 6.07) is 0. The van der Waals surface area contributed by atoms with Crippen LogP contribution in [0.5, 0.6) is 0 Å². The highest BCUT2D eigenvalue weighted by Crippen LogP contribution is 2.41. The molecule has 0 saturated carbocycles. The van der Waals surface area contributed by atoms with Crippen LogP contribution < -0.4 is 0 Å². The topological polar surface area (TPSA) is 49.8 Å². The van der Waals surface area contributed by atoms with Gasteiger partial charge in [-0.15, -0.1) is 0 Å². The molecule has 0 aromatic rings. The van der Waals surface area contributed by atoms with Gasteiger partial charge in [0.05, 0.1) is 12.5 Å². The number of nitrogens with zero attached hydrogens (tertiary/aromatic N) is 1. The summed E-state index contributed by atoms with van der Waals surface area (Å²) in [7, 11) is 0. The molecule has 0 atom stereocenters. The predicted octanol–water partition coefficient (Wildman–Crippen LogP) is 5.80. The molecule has 1 aliphatic heterocycles. The number of unbranched alkanes of at least 4 members (excludes halogenated alkanes) is 8. The van der Waals surface area contributed by atoms with Crippen molar-refractivity contribution in [1.29, 1.82) is 0 Å². The third kappa shape index (κ3) is 7.65. The first-order valence-electron chi connectivity index (χ1n) is 10.4. The van der Waals surface area contributed by atoms with Gasteiger partial charge in [-0.2, -0.15) is 5.06 Å².